The minimum Gasteiger partial charge on any atom is -0.309 e. The van der Waals surface area contributed by atoms with Gasteiger partial charge < -0.3 is 5.32 Å². The molecule has 0 amide bonds. The molecule has 2 rings (SSSR count). The summed E-state index contributed by atoms with van der Waals surface area (Å²) in [6.45, 7) is 7.79. The predicted molar refractivity (Wildman–Crippen MR) is 90.5 cm³/mol. The standard InChI is InChI=1S/C16H25NS2/c1-4-7-17-16(15-11-18-8-9-19-15)14-6-5-12(2)10-13(14)3/h5-6,10,15-17H,4,7-9,11H2,1-3H3. The van der Waals surface area contributed by atoms with Crippen LogP contribution in [0.5, 0.6) is 0 Å². The fraction of sp³-hybridized carbons (Fsp3) is 0.625. The van der Waals surface area contributed by atoms with Crippen LogP contribution in [0.1, 0.15) is 36.1 Å². The van der Waals surface area contributed by atoms with Gasteiger partial charge in [-0.25, -0.2) is 0 Å². The van der Waals surface area contributed by atoms with Crippen LogP contribution < -0.4 is 5.32 Å². The monoisotopic (exact) mass is 295 g/mol. The highest BCUT2D eigenvalue weighted by Crippen LogP contribution is 2.35. The number of aryl methyl sites for hydroxylation is 2. The molecule has 1 aromatic carbocycles. The van der Waals surface area contributed by atoms with Gasteiger partial charge in [0.2, 0.25) is 0 Å². The van der Waals surface area contributed by atoms with Gasteiger partial charge in [0.1, 0.15) is 0 Å². The summed E-state index contributed by atoms with van der Waals surface area (Å²) in [4.78, 5) is 0. The van der Waals surface area contributed by atoms with E-state index in [-0.39, 0.29) is 0 Å². The highest BCUT2D eigenvalue weighted by atomic mass is 32.2. The van der Waals surface area contributed by atoms with E-state index in [2.05, 4.69) is 67.8 Å². The Balaban J connectivity index is 2.19. The number of nitrogens with one attached hydrogen (secondary N) is 1. The van der Waals surface area contributed by atoms with E-state index in [4.69, 9.17) is 0 Å². The third kappa shape index (κ3) is 4.17. The Morgan fingerprint density at radius 3 is 2.79 bits per heavy atom. The molecule has 1 nitrogen and oxygen atoms in total. The van der Waals surface area contributed by atoms with Crippen molar-refractivity contribution in [2.45, 2.75) is 38.5 Å². The molecular weight excluding hydrogens is 270 g/mol. The minimum absolute atomic E-state index is 0.512. The molecule has 0 saturated carbocycles. The number of rotatable bonds is 5. The lowest BCUT2D eigenvalue weighted by Crippen LogP contribution is -2.34. The van der Waals surface area contributed by atoms with E-state index < -0.39 is 0 Å². The Morgan fingerprint density at radius 2 is 2.16 bits per heavy atom. The lowest BCUT2D eigenvalue weighted by atomic mass is 9.97. The molecule has 1 aliphatic rings. The summed E-state index contributed by atoms with van der Waals surface area (Å²) in [5.74, 6) is 3.89. The summed E-state index contributed by atoms with van der Waals surface area (Å²) in [7, 11) is 0. The molecule has 2 unspecified atom stereocenters. The van der Waals surface area contributed by atoms with E-state index in [1.165, 1.54) is 40.4 Å². The van der Waals surface area contributed by atoms with Gasteiger partial charge in [-0.05, 0) is 37.9 Å². The molecule has 0 aromatic heterocycles. The van der Waals surface area contributed by atoms with Gasteiger partial charge in [0, 0.05) is 28.6 Å². The molecule has 3 heteroatoms. The molecule has 0 radical (unpaired) electrons. The third-order valence-corrected chi connectivity index (χ3v) is 6.45. The summed E-state index contributed by atoms with van der Waals surface area (Å²) in [6, 6.07) is 7.41. The van der Waals surface area contributed by atoms with Crippen molar-refractivity contribution in [3.63, 3.8) is 0 Å². The topological polar surface area (TPSA) is 12.0 Å². The van der Waals surface area contributed by atoms with Crippen molar-refractivity contribution in [2.24, 2.45) is 0 Å². The Labute approximate surface area is 126 Å². The first-order chi connectivity index (χ1) is 9.22. The smallest absolute Gasteiger partial charge is 0.0451 e. The molecule has 19 heavy (non-hydrogen) atoms. The number of hydrogen-bond acceptors (Lipinski definition) is 3. The van der Waals surface area contributed by atoms with Crippen molar-refractivity contribution in [3.05, 3.63) is 34.9 Å². The molecule has 1 fully saturated rings. The zero-order valence-corrected chi connectivity index (χ0v) is 13.9. The van der Waals surface area contributed by atoms with Crippen LogP contribution in [-0.4, -0.2) is 29.1 Å². The largest absolute Gasteiger partial charge is 0.309 e. The van der Waals surface area contributed by atoms with Crippen molar-refractivity contribution in [1.29, 1.82) is 0 Å². The van der Waals surface area contributed by atoms with Crippen LogP contribution in [-0.2, 0) is 0 Å². The normalized spacial score (nSPS) is 21.3. The number of thioether (sulfide) groups is 2. The van der Waals surface area contributed by atoms with E-state index in [0.717, 1.165) is 6.54 Å². The molecular formula is C16H25NS2. The molecule has 0 spiro atoms. The van der Waals surface area contributed by atoms with Crippen LogP contribution in [0.15, 0.2) is 18.2 Å². The summed E-state index contributed by atoms with van der Waals surface area (Å²) in [5.41, 5.74) is 4.30. The van der Waals surface area contributed by atoms with Gasteiger partial charge in [0.15, 0.2) is 0 Å². The summed E-state index contributed by atoms with van der Waals surface area (Å²) < 4.78 is 0. The van der Waals surface area contributed by atoms with Gasteiger partial charge in [0.25, 0.3) is 0 Å². The van der Waals surface area contributed by atoms with Crippen molar-refractivity contribution in [1.82, 2.24) is 5.32 Å². The zero-order chi connectivity index (χ0) is 13.7. The number of benzene rings is 1. The van der Waals surface area contributed by atoms with Gasteiger partial charge in [0.05, 0.1) is 0 Å². The highest BCUT2D eigenvalue weighted by molar-refractivity contribution is 8.06. The first-order valence-corrected chi connectivity index (χ1v) is 9.42. The minimum atomic E-state index is 0.512. The maximum Gasteiger partial charge on any atom is 0.0451 e. The van der Waals surface area contributed by atoms with Gasteiger partial charge in [-0.3, -0.25) is 0 Å². The van der Waals surface area contributed by atoms with Crippen molar-refractivity contribution >= 4 is 23.5 Å². The van der Waals surface area contributed by atoms with Gasteiger partial charge in [-0.15, -0.1) is 0 Å². The Hall–Kier alpha value is -0.120. The SMILES string of the molecule is CCCNC(c1ccc(C)cc1C)C1CSCCS1. The van der Waals surface area contributed by atoms with Crippen molar-refractivity contribution in [2.75, 3.05) is 23.8 Å². The van der Waals surface area contributed by atoms with Crippen LogP contribution >= 0.6 is 23.5 Å². The maximum absolute atomic E-state index is 3.78. The lowest BCUT2D eigenvalue weighted by Gasteiger charge is -2.31. The Bertz CT molecular complexity index is 400. The molecule has 2 atom stereocenters. The second-order valence-electron chi connectivity index (χ2n) is 5.28. The van der Waals surface area contributed by atoms with E-state index in [9.17, 15) is 0 Å². The Morgan fingerprint density at radius 1 is 1.32 bits per heavy atom. The van der Waals surface area contributed by atoms with Crippen molar-refractivity contribution in [3.8, 4) is 0 Å². The highest BCUT2D eigenvalue weighted by Gasteiger charge is 2.26. The third-order valence-electron chi connectivity index (χ3n) is 3.59. The maximum atomic E-state index is 3.78. The fourth-order valence-electron chi connectivity index (χ4n) is 2.61. The van der Waals surface area contributed by atoms with Gasteiger partial charge >= 0.3 is 0 Å². The molecule has 1 N–H and O–H groups in total. The zero-order valence-electron chi connectivity index (χ0n) is 12.2. The van der Waals surface area contributed by atoms with E-state index in [1.807, 2.05) is 0 Å². The van der Waals surface area contributed by atoms with E-state index in [0.29, 0.717) is 11.3 Å². The summed E-state index contributed by atoms with van der Waals surface area (Å²) in [6.07, 6.45) is 1.20. The van der Waals surface area contributed by atoms with Crippen LogP contribution in [0.2, 0.25) is 0 Å². The van der Waals surface area contributed by atoms with E-state index >= 15 is 0 Å². The second kappa shape index (κ2) is 7.61. The lowest BCUT2D eigenvalue weighted by molar-refractivity contribution is 0.528. The number of hydrogen-bond donors (Lipinski definition) is 1. The van der Waals surface area contributed by atoms with Crippen LogP contribution in [0.3, 0.4) is 0 Å². The van der Waals surface area contributed by atoms with Gasteiger partial charge in [-0.2, -0.15) is 23.5 Å². The predicted octanol–water partition coefficient (Wildman–Crippen LogP) is 4.19. The quantitative estimate of drug-likeness (QED) is 0.874. The van der Waals surface area contributed by atoms with Crippen LogP contribution in [0.4, 0.5) is 0 Å². The molecule has 0 aliphatic carbocycles. The summed E-state index contributed by atoms with van der Waals surface area (Å²) in [5, 5.41) is 4.50. The fourth-order valence-corrected chi connectivity index (χ4v) is 5.47. The molecule has 1 aromatic rings. The second-order valence-corrected chi connectivity index (χ2v) is 7.77. The Kier molecular flexibility index (Phi) is 6.11. The molecule has 0 bridgehead atoms. The van der Waals surface area contributed by atoms with Crippen LogP contribution in [0, 0.1) is 13.8 Å². The van der Waals surface area contributed by atoms with E-state index in [1.54, 1.807) is 0 Å². The summed E-state index contributed by atoms with van der Waals surface area (Å²) >= 11 is 4.25. The van der Waals surface area contributed by atoms with Gasteiger partial charge in [-0.1, -0.05) is 30.7 Å². The molecule has 1 aliphatic heterocycles. The first kappa shape index (κ1) is 15.3. The molecule has 106 valence electrons. The first-order valence-electron chi connectivity index (χ1n) is 7.22. The molecule has 1 saturated heterocycles. The van der Waals surface area contributed by atoms with Crippen molar-refractivity contribution < 1.29 is 0 Å². The average molecular weight is 296 g/mol. The average Bonchev–Trinajstić information content (AvgIpc) is 2.42. The molecule has 1 heterocycles. The van der Waals surface area contributed by atoms with Crippen LogP contribution in [0.25, 0.3) is 0 Å².